The highest BCUT2D eigenvalue weighted by molar-refractivity contribution is 5.96. The third kappa shape index (κ3) is 3.87. The monoisotopic (exact) mass is 481 g/mol. The Balaban J connectivity index is 1.34. The van der Waals surface area contributed by atoms with E-state index in [1.54, 1.807) is 6.07 Å². The van der Waals surface area contributed by atoms with Crippen LogP contribution in [0.15, 0.2) is 66.9 Å². The third-order valence-electron chi connectivity index (χ3n) is 7.98. The van der Waals surface area contributed by atoms with E-state index in [-0.39, 0.29) is 17.8 Å². The van der Waals surface area contributed by atoms with Crippen molar-refractivity contribution >= 4 is 17.1 Å². The molecule has 0 aliphatic carbocycles. The highest BCUT2D eigenvalue weighted by Gasteiger charge is 2.28. The van der Waals surface area contributed by atoms with Gasteiger partial charge < -0.3 is 14.2 Å². The molecular weight excluding hydrogens is 449 g/mol. The fourth-order valence-corrected chi connectivity index (χ4v) is 5.96. The van der Waals surface area contributed by atoms with Gasteiger partial charge >= 0.3 is 0 Å². The van der Waals surface area contributed by atoms with Crippen LogP contribution >= 0.6 is 0 Å². The van der Waals surface area contributed by atoms with Crippen LogP contribution in [0.1, 0.15) is 59.9 Å². The number of anilines is 1. The molecule has 4 aromatic rings. The number of carbonyl (C=O) groups excluding carboxylic acids is 1. The van der Waals surface area contributed by atoms with Crippen molar-refractivity contribution < 1.29 is 9.18 Å². The third-order valence-corrected chi connectivity index (χ3v) is 7.98. The number of rotatable bonds is 4. The van der Waals surface area contributed by atoms with Gasteiger partial charge in [0.25, 0.3) is 5.91 Å². The van der Waals surface area contributed by atoms with Gasteiger partial charge in [-0.2, -0.15) is 0 Å². The lowest BCUT2D eigenvalue weighted by molar-refractivity contribution is 0.0677. The van der Waals surface area contributed by atoms with Crippen LogP contribution in [0.5, 0.6) is 0 Å². The van der Waals surface area contributed by atoms with Gasteiger partial charge in [-0.05, 0) is 80.1 Å². The average molecular weight is 482 g/mol. The molecule has 1 amide bonds. The number of carbonyl (C=O) groups is 1. The first-order chi connectivity index (χ1) is 17.5. The van der Waals surface area contributed by atoms with E-state index >= 15 is 4.39 Å². The lowest BCUT2D eigenvalue weighted by Gasteiger charge is -2.35. The molecule has 0 saturated carbocycles. The van der Waals surface area contributed by atoms with E-state index < -0.39 is 0 Å². The summed E-state index contributed by atoms with van der Waals surface area (Å²) in [5, 5.41) is 0. The molecule has 36 heavy (non-hydrogen) atoms. The second-order valence-electron chi connectivity index (χ2n) is 10.1. The SMILES string of the molecule is CCc1cc(C(=O)N2CCc3ccccc3[C@H]2C)cc2cc(-c3ccc(N4CCCC4)cc3F)cn12. The molecule has 6 rings (SSSR count). The molecule has 1 fully saturated rings. The van der Waals surface area contributed by atoms with Crippen molar-refractivity contribution in [2.24, 2.45) is 0 Å². The van der Waals surface area contributed by atoms with Crippen LogP contribution in [0.3, 0.4) is 0 Å². The molecule has 5 heteroatoms. The van der Waals surface area contributed by atoms with Gasteiger partial charge in [0.05, 0.1) is 6.04 Å². The highest BCUT2D eigenvalue weighted by atomic mass is 19.1. The minimum Gasteiger partial charge on any atom is -0.371 e. The van der Waals surface area contributed by atoms with Crippen LogP contribution < -0.4 is 4.90 Å². The van der Waals surface area contributed by atoms with Crippen LogP contribution in [0.25, 0.3) is 16.6 Å². The van der Waals surface area contributed by atoms with E-state index in [0.29, 0.717) is 17.7 Å². The average Bonchev–Trinajstić information content (AvgIpc) is 3.58. The zero-order valence-electron chi connectivity index (χ0n) is 21.0. The van der Waals surface area contributed by atoms with Crippen molar-refractivity contribution in [2.45, 2.75) is 45.6 Å². The quantitative estimate of drug-likeness (QED) is 0.326. The number of pyridine rings is 1. The molecule has 4 nitrogen and oxygen atoms in total. The first-order valence-electron chi connectivity index (χ1n) is 13.1. The minimum atomic E-state index is -0.203. The first kappa shape index (κ1) is 22.8. The number of fused-ring (bicyclic) bond motifs is 2. The summed E-state index contributed by atoms with van der Waals surface area (Å²) in [6.45, 7) is 6.90. The van der Waals surface area contributed by atoms with Gasteiger partial charge in [-0.1, -0.05) is 31.2 Å². The first-order valence-corrected chi connectivity index (χ1v) is 13.1. The molecule has 0 bridgehead atoms. The Bertz CT molecular complexity index is 1450. The Hall–Kier alpha value is -3.60. The number of hydrogen-bond acceptors (Lipinski definition) is 2. The number of aryl methyl sites for hydroxylation is 1. The molecule has 1 atom stereocenters. The summed E-state index contributed by atoms with van der Waals surface area (Å²) in [6, 6.07) is 20.0. The topological polar surface area (TPSA) is 28.0 Å². The van der Waals surface area contributed by atoms with Crippen molar-refractivity contribution in [3.05, 3.63) is 95.1 Å². The maximum atomic E-state index is 15.2. The Morgan fingerprint density at radius 2 is 1.81 bits per heavy atom. The lowest BCUT2D eigenvalue weighted by Crippen LogP contribution is -2.38. The number of nitrogens with zero attached hydrogens (tertiary/aromatic N) is 3. The maximum Gasteiger partial charge on any atom is 0.254 e. The van der Waals surface area contributed by atoms with Crippen molar-refractivity contribution in [3.63, 3.8) is 0 Å². The molecule has 184 valence electrons. The van der Waals surface area contributed by atoms with Gasteiger partial charge in [0.2, 0.25) is 0 Å². The normalized spacial score (nSPS) is 17.6. The van der Waals surface area contributed by atoms with Gasteiger partial charge in [-0.25, -0.2) is 4.39 Å². The van der Waals surface area contributed by atoms with Crippen LogP contribution in [-0.4, -0.2) is 34.8 Å². The molecule has 2 aromatic heterocycles. The smallest absolute Gasteiger partial charge is 0.254 e. The second kappa shape index (κ2) is 9.12. The van der Waals surface area contributed by atoms with Gasteiger partial charge in [0, 0.05) is 59.4 Å². The number of hydrogen-bond donors (Lipinski definition) is 0. The number of halogens is 1. The van der Waals surface area contributed by atoms with Crippen LogP contribution in [-0.2, 0) is 12.8 Å². The van der Waals surface area contributed by atoms with E-state index in [4.69, 9.17) is 0 Å². The summed E-state index contributed by atoms with van der Waals surface area (Å²) in [5.41, 5.74) is 7.59. The van der Waals surface area contributed by atoms with E-state index in [0.717, 1.165) is 61.2 Å². The summed E-state index contributed by atoms with van der Waals surface area (Å²) < 4.78 is 17.3. The largest absolute Gasteiger partial charge is 0.371 e. The van der Waals surface area contributed by atoms with Crippen LogP contribution in [0.2, 0.25) is 0 Å². The van der Waals surface area contributed by atoms with Gasteiger partial charge in [0.15, 0.2) is 0 Å². The molecule has 0 N–H and O–H groups in total. The summed E-state index contributed by atoms with van der Waals surface area (Å²) in [7, 11) is 0. The Morgan fingerprint density at radius 3 is 2.58 bits per heavy atom. The zero-order chi connectivity index (χ0) is 24.8. The van der Waals surface area contributed by atoms with Crippen molar-refractivity contribution in [3.8, 4) is 11.1 Å². The predicted molar refractivity (Wildman–Crippen MR) is 143 cm³/mol. The zero-order valence-corrected chi connectivity index (χ0v) is 21.0. The van der Waals surface area contributed by atoms with Gasteiger partial charge in [-0.15, -0.1) is 0 Å². The molecule has 1 saturated heterocycles. The summed E-state index contributed by atoms with van der Waals surface area (Å²) in [5.74, 6) is -0.149. The van der Waals surface area contributed by atoms with Crippen molar-refractivity contribution in [1.82, 2.24) is 9.30 Å². The highest BCUT2D eigenvalue weighted by Crippen LogP contribution is 2.33. The minimum absolute atomic E-state index is 0.0364. The van der Waals surface area contributed by atoms with Crippen molar-refractivity contribution in [1.29, 1.82) is 0 Å². The molecule has 2 aromatic carbocycles. The Labute approximate surface area is 212 Å². The number of benzene rings is 2. The molecular formula is C31H32FN3O. The van der Waals surface area contributed by atoms with E-state index in [2.05, 4.69) is 41.3 Å². The summed E-state index contributed by atoms with van der Waals surface area (Å²) >= 11 is 0. The molecule has 0 spiro atoms. The molecule has 2 aliphatic heterocycles. The van der Waals surface area contributed by atoms with Crippen molar-refractivity contribution in [2.75, 3.05) is 24.5 Å². The number of amides is 1. The number of aromatic nitrogens is 1. The maximum absolute atomic E-state index is 15.2. The Morgan fingerprint density at radius 1 is 1.00 bits per heavy atom. The van der Waals surface area contributed by atoms with Crippen LogP contribution in [0.4, 0.5) is 10.1 Å². The van der Waals surface area contributed by atoms with Crippen LogP contribution in [0, 0.1) is 5.82 Å². The van der Waals surface area contributed by atoms with Gasteiger partial charge in [-0.3, -0.25) is 4.79 Å². The summed E-state index contributed by atoms with van der Waals surface area (Å²) in [6.07, 6.45) is 5.98. The standard InChI is InChI=1S/C31H32FN3O/c1-3-25-16-23(31(36)34-15-12-22-8-4-5-9-28(22)21(34)2)17-27-18-24(20-35(25)27)29-11-10-26(19-30(29)32)33-13-6-7-14-33/h4-5,8-11,16-21H,3,6-7,12-15H2,1-2H3/t21-/m1/s1. The van der Waals surface area contributed by atoms with Gasteiger partial charge in [0.1, 0.15) is 5.82 Å². The second-order valence-corrected chi connectivity index (χ2v) is 10.1. The van der Waals surface area contributed by atoms with E-state index in [1.165, 1.54) is 11.1 Å². The molecule has 4 heterocycles. The fourth-order valence-electron chi connectivity index (χ4n) is 5.96. The molecule has 0 radical (unpaired) electrons. The van der Waals surface area contributed by atoms with E-state index in [1.807, 2.05) is 47.5 Å². The predicted octanol–water partition coefficient (Wildman–Crippen LogP) is 6.67. The molecule has 2 aliphatic rings. The Kier molecular flexibility index (Phi) is 5.79. The summed E-state index contributed by atoms with van der Waals surface area (Å²) in [4.78, 5) is 17.9. The van der Waals surface area contributed by atoms with E-state index in [9.17, 15) is 4.79 Å². The fraction of sp³-hybridized carbons (Fsp3) is 0.323. The lowest BCUT2D eigenvalue weighted by atomic mass is 9.93. The molecule has 0 unspecified atom stereocenters.